The molecule has 0 aromatic heterocycles. The number of hydrogen-bond donors (Lipinski definition) is 2. The van der Waals surface area contributed by atoms with Crippen LogP contribution in [0.15, 0.2) is 0 Å². The Hall–Kier alpha value is -0.160. The number of likely N-dealkylation sites (tertiary alicyclic amines) is 1. The molecule has 2 unspecified atom stereocenters. The van der Waals surface area contributed by atoms with Crippen LogP contribution < -0.4 is 5.32 Å². The molecule has 0 spiro atoms. The van der Waals surface area contributed by atoms with Gasteiger partial charge in [0, 0.05) is 19.7 Å². The van der Waals surface area contributed by atoms with Crippen LogP contribution >= 0.6 is 0 Å². The third kappa shape index (κ3) is 5.25. The van der Waals surface area contributed by atoms with Crippen LogP contribution in [-0.2, 0) is 4.74 Å². The molecule has 0 saturated carbocycles. The lowest BCUT2D eigenvalue weighted by molar-refractivity contribution is 0.0425. The van der Waals surface area contributed by atoms with Gasteiger partial charge in [-0.25, -0.2) is 0 Å². The van der Waals surface area contributed by atoms with Crippen molar-refractivity contribution in [3.05, 3.63) is 0 Å². The fourth-order valence-electron chi connectivity index (χ4n) is 2.13. The number of ether oxygens (including phenoxy) is 1. The second-order valence-corrected chi connectivity index (χ2v) is 4.52. The van der Waals surface area contributed by atoms with E-state index in [4.69, 9.17) is 4.74 Å². The molecule has 4 nitrogen and oxygen atoms in total. The highest BCUT2D eigenvalue weighted by atomic mass is 16.5. The molecule has 1 fully saturated rings. The van der Waals surface area contributed by atoms with E-state index in [-0.39, 0.29) is 6.10 Å². The van der Waals surface area contributed by atoms with Crippen molar-refractivity contribution in [2.45, 2.75) is 26.4 Å². The third-order valence-corrected chi connectivity index (χ3v) is 3.14. The minimum Gasteiger partial charge on any atom is -0.389 e. The molecule has 1 aliphatic heterocycles. The summed E-state index contributed by atoms with van der Waals surface area (Å²) in [6, 6.07) is 0. The number of nitrogens with one attached hydrogen (secondary N) is 1. The lowest BCUT2D eigenvalue weighted by Gasteiger charge is -2.15. The van der Waals surface area contributed by atoms with Gasteiger partial charge in [0.05, 0.1) is 12.7 Å². The molecule has 1 rings (SSSR count). The minimum atomic E-state index is -0.372. The fraction of sp³-hybridized carbons (Fsp3) is 1.00. The van der Waals surface area contributed by atoms with Gasteiger partial charge in [-0.1, -0.05) is 6.92 Å². The topological polar surface area (TPSA) is 44.7 Å². The van der Waals surface area contributed by atoms with E-state index in [2.05, 4.69) is 17.1 Å². The largest absolute Gasteiger partial charge is 0.389 e. The molecule has 96 valence electrons. The number of aliphatic hydroxyl groups excluding tert-OH is 1. The van der Waals surface area contributed by atoms with Gasteiger partial charge in [-0.3, -0.25) is 0 Å². The predicted molar refractivity (Wildman–Crippen MR) is 65.6 cm³/mol. The Bertz CT molecular complexity index is 178. The van der Waals surface area contributed by atoms with Gasteiger partial charge in [0.15, 0.2) is 0 Å². The van der Waals surface area contributed by atoms with Crippen molar-refractivity contribution < 1.29 is 9.84 Å². The van der Waals surface area contributed by atoms with Crippen LogP contribution in [0.2, 0.25) is 0 Å². The molecule has 1 aliphatic rings. The smallest absolute Gasteiger partial charge is 0.0897 e. The van der Waals surface area contributed by atoms with Gasteiger partial charge in [0.25, 0.3) is 0 Å². The monoisotopic (exact) mass is 230 g/mol. The van der Waals surface area contributed by atoms with Crippen molar-refractivity contribution in [2.75, 3.05) is 45.9 Å². The maximum atomic E-state index is 9.55. The van der Waals surface area contributed by atoms with Crippen LogP contribution in [0.3, 0.4) is 0 Å². The summed E-state index contributed by atoms with van der Waals surface area (Å²) in [6.45, 7) is 10.5. The maximum absolute atomic E-state index is 9.55. The Balaban J connectivity index is 1.98. The van der Waals surface area contributed by atoms with Crippen molar-refractivity contribution in [3.8, 4) is 0 Å². The number of aliphatic hydroxyl groups is 1. The Morgan fingerprint density at radius 2 is 2.31 bits per heavy atom. The van der Waals surface area contributed by atoms with Gasteiger partial charge in [-0.05, 0) is 38.9 Å². The lowest BCUT2D eigenvalue weighted by atomic mass is 10.1. The van der Waals surface area contributed by atoms with E-state index in [9.17, 15) is 5.11 Å². The van der Waals surface area contributed by atoms with Crippen LogP contribution in [-0.4, -0.2) is 62.0 Å². The lowest BCUT2D eigenvalue weighted by Crippen LogP contribution is -2.34. The molecule has 0 amide bonds. The Morgan fingerprint density at radius 1 is 1.50 bits per heavy atom. The summed E-state index contributed by atoms with van der Waals surface area (Å²) < 4.78 is 5.15. The predicted octanol–water partition coefficient (Wildman–Crippen LogP) is 0.315. The average molecular weight is 230 g/mol. The van der Waals surface area contributed by atoms with Crippen molar-refractivity contribution in [1.82, 2.24) is 10.2 Å². The second-order valence-electron chi connectivity index (χ2n) is 4.52. The highest BCUT2D eigenvalue weighted by molar-refractivity contribution is 4.76. The van der Waals surface area contributed by atoms with E-state index in [1.165, 1.54) is 19.5 Å². The Labute approximate surface area is 99.0 Å². The molecule has 1 heterocycles. The normalized spacial score (nSPS) is 23.8. The van der Waals surface area contributed by atoms with Crippen molar-refractivity contribution >= 4 is 0 Å². The highest BCUT2D eigenvalue weighted by Gasteiger charge is 2.20. The van der Waals surface area contributed by atoms with Gasteiger partial charge >= 0.3 is 0 Å². The maximum Gasteiger partial charge on any atom is 0.0897 e. The fourth-order valence-corrected chi connectivity index (χ4v) is 2.13. The summed E-state index contributed by atoms with van der Waals surface area (Å²) >= 11 is 0. The van der Waals surface area contributed by atoms with Gasteiger partial charge in [-0.15, -0.1) is 0 Å². The molecule has 0 bridgehead atoms. The molecule has 1 saturated heterocycles. The van der Waals surface area contributed by atoms with Crippen LogP contribution in [0.5, 0.6) is 0 Å². The van der Waals surface area contributed by atoms with Crippen molar-refractivity contribution in [2.24, 2.45) is 5.92 Å². The number of nitrogens with zero attached hydrogens (tertiary/aromatic N) is 1. The molecule has 0 aliphatic carbocycles. The molecule has 2 N–H and O–H groups in total. The summed E-state index contributed by atoms with van der Waals surface area (Å²) in [4.78, 5) is 2.48. The SMILES string of the molecule is CCOCC(O)CNCC1CCN(CC)C1. The van der Waals surface area contributed by atoms with Crippen LogP contribution in [0.1, 0.15) is 20.3 Å². The number of hydrogen-bond acceptors (Lipinski definition) is 4. The third-order valence-electron chi connectivity index (χ3n) is 3.14. The first-order chi connectivity index (χ1) is 7.76. The minimum absolute atomic E-state index is 0.372. The van der Waals surface area contributed by atoms with E-state index < -0.39 is 0 Å². The van der Waals surface area contributed by atoms with E-state index in [0.717, 1.165) is 19.0 Å². The molecule has 2 atom stereocenters. The Morgan fingerprint density at radius 3 is 2.94 bits per heavy atom. The zero-order chi connectivity index (χ0) is 11.8. The Kier molecular flexibility index (Phi) is 6.96. The average Bonchev–Trinajstić information content (AvgIpc) is 2.74. The van der Waals surface area contributed by atoms with E-state index >= 15 is 0 Å². The molecule has 4 heteroatoms. The van der Waals surface area contributed by atoms with Gasteiger partial charge in [-0.2, -0.15) is 0 Å². The van der Waals surface area contributed by atoms with Crippen molar-refractivity contribution in [1.29, 1.82) is 0 Å². The quantitative estimate of drug-likeness (QED) is 0.630. The van der Waals surface area contributed by atoms with Crippen LogP contribution in [0.25, 0.3) is 0 Å². The van der Waals surface area contributed by atoms with Gasteiger partial charge in [0.1, 0.15) is 0 Å². The molecule has 0 radical (unpaired) electrons. The summed E-state index contributed by atoms with van der Waals surface area (Å²) in [5.41, 5.74) is 0. The van der Waals surface area contributed by atoms with Gasteiger partial charge in [0.2, 0.25) is 0 Å². The first-order valence-electron chi connectivity index (χ1n) is 6.45. The van der Waals surface area contributed by atoms with E-state index in [0.29, 0.717) is 19.8 Å². The summed E-state index contributed by atoms with van der Waals surface area (Å²) in [6.07, 6.45) is 0.909. The summed E-state index contributed by atoms with van der Waals surface area (Å²) in [5, 5.41) is 12.9. The summed E-state index contributed by atoms with van der Waals surface area (Å²) in [7, 11) is 0. The number of rotatable bonds is 8. The molecule has 16 heavy (non-hydrogen) atoms. The van der Waals surface area contributed by atoms with E-state index in [1.54, 1.807) is 0 Å². The van der Waals surface area contributed by atoms with E-state index in [1.807, 2.05) is 6.92 Å². The van der Waals surface area contributed by atoms with Gasteiger partial charge < -0.3 is 20.1 Å². The van der Waals surface area contributed by atoms with Crippen LogP contribution in [0.4, 0.5) is 0 Å². The standard InChI is InChI=1S/C12H26N2O2/c1-3-14-6-5-11(9-14)7-13-8-12(15)10-16-4-2/h11-13,15H,3-10H2,1-2H3. The molecular formula is C12H26N2O2. The highest BCUT2D eigenvalue weighted by Crippen LogP contribution is 2.14. The molecule has 0 aromatic carbocycles. The van der Waals surface area contributed by atoms with Crippen molar-refractivity contribution in [3.63, 3.8) is 0 Å². The van der Waals surface area contributed by atoms with Crippen LogP contribution in [0, 0.1) is 5.92 Å². The summed E-state index contributed by atoms with van der Waals surface area (Å²) in [5.74, 6) is 0.749. The second kappa shape index (κ2) is 8.01. The first-order valence-corrected chi connectivity index (χ1v) is 6.45. The first kappa shape index (κ1) is 13.9. The zero-order valence-corrected chi connectivity index (χ0v) is 10.6. The zero-order valence-electron chi connectivity index (χ0n) is 10.6. The molecule has 0 aromatic rings. The molecular weight excluding hydrogens is 204 g/mol.